The van der Waals surface area contributed by atoms with E-state index in [-0.39, 0.29) is 23.5 Å². The van der Waals surface area contributed by atoms with E-state index < -0.39 is 183 Å². The molecule has 4 heterocycles. The number of phenolic OH excluding ortho intramolecular Hbond substituents is 1. The van der Waals surface area contributed by atoms with E-state index in [0.717, 1.165) is 70.2 Å². The number of aliphatic hydroxyl groups excluding tert-OH is 7. The molecule has 34 heteroatoms. The average molecular weight is 1360 g/mol. The number of nitrogens with two attached hydrogens (primary N) is 1. The van der Waals surface area contributed by atoms with Gasteiger partial charge in [0.2, 0.25) is 41.4 Å². The number of carbonyl (C=O) groups is 8. The molecule has 8 rings (SSSR count). The van der Waals surface area contributed by atoms with Gasteiger partial charge in [-0.15, -0.1) is 10.2 Å². The molecule has 16 N–H and O–H groups in total. The highest BCUT2D eigenvalue weighted by Gasteiger charge is 2.50. The minimum Gasteiger partial charge on any atom is -0.504 e. The lowest BCUT2D eigenvalue weighted by atomic mass is 9.96. The SMILES string of the molecule is COCCCCOc1ccc(-c2ccc(-c3nnc(-c4ccc(C(=O)NC5CC(O)CNC(=O)C6C(O)C(C)CN6C(=O)C(C(O)CC(N)=O)NC(=O)C(C(O)C(O)c6ccc(O)c(OSOOO)c6)NC(=O)C6CC(O)CN6C(=O)C(C(C)O)NC5=O)cc4)s3)cc2)cc1. The Morgan fingerprint density at radius 1 is 0.737 bits per heavy atom. The van der Waals surface area contributed by atoms with Crippen LogP contribution in [0.5, 0.6) is 17.2 Å². The molecule has 14 unspecified atom stereocenters. The first-order chi connectivity index (χ1) is 45.4. The molecule has 32 nitrogen and oxygen atoms in total. The second kappa shape index (κ2) is 33.3. The van der Waals surface area contributed by atoms with Gasteiger partial charge in [-0.05, 0) is 72.9 Å². The minimum absolute atomic E-state index is 0.0187. The lowest BCUT2D eigenvalue weighted by Crippen LogP contribution is -2.64. The largest absolute Gasteiger partial charge is 0.504 e. The van der Waals surface area contributed by atoms with Crippen molar-refractivity contribution < 1.29 is 107 Å². The van der Waals surface area contributed by atoms with Gasteiger partial charge in [-0.25, -0.2) is 5.26 Å². The van der Waals surface area contributed by atoms with Crippen LogP contribution in [0.15, 0.2) is 91.0 Å². The first-order valence-corrected chi connectivity index (χ1v) is 31.4. The number of β-amino-alcohol motifs (C(OH)–C–C–N with tert-alkyl or cyclic N) is 1. The van der Waals surface area contributed by atoms with E-state index in [1.165, 1.54) is 30.4 Å². The van der Waals surface area contributed by atoms with Crippen molar-refractivity contribution >= 4 is 70.9 Å². The molecule has 5 aromatic rings. The van der Waals surface area contributed by atoms with Crippen molar-refractivity contribution in [2.24, 2.45) is 11.7 Å². The first-order valence-electron chi connectivity index (χ1n) is 29.9. The molecular formula is C61H74N10O22S2. The molecule has 8 amide bonds. The summed E-state index contributed by atoms with van der Waals surface area (Å²) < 4.78 is 20.1. The van der Waals surface area contributed by atoms with Gasteiger partial charge in [0.15, 0.2) is 11.5 Å². The molecule has 95 heavy (non-hydrogen) atoms. The van der Waals surface area contributed by atoms with E-state index in [9.17, 15) is 79.2 Å². The number of aliphatic hydroxyl groups is 7. The van der Waals surface area contributed by atoms with Crippen molar-refractivity contribution in [3.63, 3.8) is 0 Å². The Morgan fingerprint density at radius 3 is 1.97 bits per heavy atom. The number of amides is 8. The Morgan fingerprint density at radius 2 is 1.34 bits per heavy atom. The van der Waals surface area contributed by atoms with Crippen molar-refractivity contribution in [1.29, 1.82) is 0 Å². The summed E-state index contributed by atoms with van der Waals surface area (Å²) in [5, 5.41) is 124. The highest BCUT2D eigenvalue weighted by atomic mass is 32.2. The topological polar surface area (TPSA) is 483 Å². The van der Waals surface area contributed by atoms with Crippen LogP contribution in [-0.4, -0.2) is 226 Å². The number of aromatic hydroxyl groups is 1. The number of hydrogen-bond acceptors (Lipinski definition) is 26. The minimum atomic E-state index is -2.53. The van der Waals surface area contributed by atoms with Crippen LogP contribution >= 0.6 is 23.7 Å². The number of rotatable bonds is 22. The standard InChI is InChI=1S/C61H74N10O22S2/c1-29-27-71-49(50(29)78)57(85)63-26-37(73)23-40(64-53(81)33-8-12-35(13-9-33)59-69-68-58(94-59)34-10-6-31(7-11-34)32-14-17-39(18-15-32)90-21-5-4-20-89-3)54(82)65-46(30(2)72)60(86)70-28-38(74)24-41(70)55(83)67-48(56(84)66-47(61(71)87)43(76)25-45(62)77)52(80)51(79)36-16-19-42(75)44(22-36)91-95-93-92-88/h6-19,22,29-30,37-38,40-41,43,46-52,72-76,78-80,88H,4-5,20-21,23-28H2,1-3H3,(H2,62,77)(H,63,85)(H,64,81)(H,65,82)(H,66,84)(H,67,83). The summed E-state index contributed by atoms with van der Waals surface area (Å²) in [6.07, 6.45) is -14.4. The van der Waals surface area contributed by atoms with E-state index in [4.69, 9.17) is 24.6 Å². The molecule has 3 fully saturated rings. The quantitative estimate of drug-likeness (QED) is 0.0166. The number of aromatic nitrogens is 2. The molecule has 0 spiro atoms. The van der Waals surface area contributed by atoms with E-state index in [1.54, 1.807) is 19.2 Å². The summed E-state index contributed by atoms with van der Waals surface area (Å²) in [4.78, 5) is 115. The fraction of sp³-hybridized carbons (Fsp3) is 0.443. The Hall–Kier alpha value is -8.49. The predicted molar refractivity (Wildman–Crippen MR) is 334 cm³/mol. The van der Waals surface area contributed by atoms with Crippen LogP contribution in [0.4, 0.5) is 0 Å². The number of nitrogens with one attached hydrogen (secondary N) is 5. The van der Waals surface area contributed by atoms with Crippen LogP contribution in [-0.2, 0) is 47.7 Å². The maximum Gasteiger partial charge on any atom is 0.261 e. The number of nitrogens with zero attached hydrogens (tertiary/aromatic N) is 4. The number of primary amides is 1. The van der Waals surface area contributed by atoms with Gasteiger partial charge in [-0.1, -0.05) is 82.2 Å². The van der Waals surface area contributed by atoms with Crippen molar-refractivity contribution in [2.45, 2.75) is 125 Å². The average Bonchev–Trinajstić information content (AvgIpc) is 1.72. The summed E-state index contributed by atoms with van der Waals surface area (Å²) in [6.45, 7) is 1.92. The number of phenols is 1. The molecule has 1 aromatic heterocycles. The Labute approximate surface area is 550 Å². The lowest BCUT2D eigenvalue weighted by molar-refractivity contribution is -0.433. The van der Waals surface area contributed by atoms with E-state index in [0.29, 0.717) is 28.8 Å². The number of methoxy groups -OCH3 is 1. The predicted octanol–water partition coefficient (Wildman–Crippen LogP) is -1.27. The maximum atomic E-state index is 14.7. The number of carbonyl (C=O) groups excluding carboxylic acids is 8. The Balaban J connectivity index is 1.06. The third-order valence-electron chi connectivity index (χ3n) is 16.1. The molecule has 3 saturated heterocycles. The molecule has 0 saturated carbocycles. The third-order valence-corrected chi connectivity index (χ3v) is 17.5. The maximum absolute atomic E-state index is 14.7. The van der Waals surface area contributed by atoms with Crippen LogP contribution in [0.2, 0.25) is 0 Å². The monoisotopic (exact) mass is 1360 g/mol. The fourth-order valence-corrected chi connectivity index (χ4v) is 12.1. The van der Waals surface area contributed by atoms with Gasteiger partial charge in [-0.2, -0.15) is 0 Å². The number of fused-ring (bicyclic) bond motifs is 2. The second-order valence-corrected chi connectivity index (χ2v) is 24.4. The number of ether oxygens (including phenoxy) is 2. The molecule has 4 aromatic carbocycles. The van der Waals surface area contributed by atoms with Gasteiger partial charge >= 0.3 is 0 Å². The molecule has 512 valence electrons. The summed E-state index contributed by atoms with van der Waals surface area (Å²) in [6, 6.07) is 12.1. The van der Waals surface area contributed by atoms with Crippen molar-refractivity contribution in [3.8, 4) is 49.5 Å². The van der Waals surface area contributed by atoms with Crippen LogP contribution in [0.1, 0.15) is 68.0 Å². The molecule has 14 atom stereocenters. The van der Waals surface area contributed by atoms with Gasteiger partial charge in [0, 0.05) is 68.8 Å². The van der Waals surface area contributed by atoms with Gasteiger partial charge in [0.05, 0.1) is 43.5 Å². The highest BCUT2D eigenvalue weighted by Crippen LogP contribution is 2.35. The molecule has 0 radical (unpaired) electrons. The second-order valence-electron chi connectivity index (χ2n) is 23.0. The summed E-state index contributed by atoms with van der Waals surface area (Å²) >= 11 is 1.26. The summed E-state index contributed by atoms with van der Waals surface area (Å²) in [5.41, 5.74) is 8.32. The smallest absolute Gasteiger partial charge is 0.261 e. The van der Waals surface area contributed by atoms with Crippen molar-refractivity contribution in [1.82, 2.24) is 46.6 Å². The zero-order valence-electron chi connectivity index (χ0n) is 51.3. The van der Waals surface area contributed by atoms with E-state index >= 15 is 0 Å². The zero-order chi connectivity index (χ0) is 68.8. The van der Waals surface area contributed by atoms with Crippen molar-refractivity contribution in [3.05, 3.63) is 102 Å². The Kier molecular flexibility index (Phi) is 25.3. The van der Waals surface area contributed by atoms with Gasteiger partial charge in [0.25, 0.3) is 18.2 Å². The molecule has 3 aliphatic heterocycles. The van der Waals surface area contributed by atoms with Crippen LogP contribution in [0.3, 0.4) is 0 Å². The van der Waals surface area contributed by atoms with E-state index in [1.807, 2.05) is 48.5 Å². The first kappa shape index (κ1) is 72.3. The van der Waals surface area contributed by atoms with Crippen molar-refractivity contribution in [2.75, 3.05) is 40.0 Å². The number of benzene rings is 4. The zero-order valence-corrected chi connectivity index (χ0v) is 53.0. The molecule has 3 aliphatic rings. The van der Waals surface area contributed by atoms with Crippen LogP contribution in [0.25, 0.3) is 32.3 Å². The summed E-state index contributed by atoms with van der Waals surface area (Å²) in [5.74, 6) is -11.2. The highest BCUT2D eigenvalue weighted by molar-refractivity contribution is 7.90. The van der Waals surface area contributed by atoms with Gasteiger partial charge < -0.3 is 96.6 Å². The van der Waals surface area contributed by atoms with E-state index in [2.05, 4.69) is 46.2 Å². The molecule has 0 bridgehead atoms. The molecular weight excluding hydrogens is 1290 g/mol. The third kappa shape index (κ3) is 18.3. The van der Waals surface area contributed by atoms with Crippen LogP contribution < -0.4 is 41.2 Å². The Bertz CT molecular complexity index is 3500. The number of hydrogen-bond donors (Lipinski definition) is 15. The van der Waals surface area contributed by atoms with Gasteiger partial charge in [0.1, 0.15) is 64.2 Å². The normalized spacial score (nSPS) is 24.5. The summed E-state index contributed by atoms with van der Waals surface area (Å²) in [7, 11) is 1.66. The molecule has 0 aliphatic carbocycles. The van der Waals surface area contributed by atoms with Gasteiger partial charge in [-0.3, -0.25) is 38.4 Å². The van der Waals surface area contributed by atoms with Crippen LogP contribution in [0, 0.1) is 5.92 Å². The number of unbranched alkanes of at least 4 members (excludes halogenated alkanes) is 1. The fourth-order valence-electron chi connectivity index (χ4n) is 11.0. The lowest BCUT2D eigenvalue weighted by Gasteiger charge is -2.34.